The maximum Gasteiger partial charge on any atom is 0.128 e. The fourth-order valence-corrected chi connectivity index (χ4v) is 4.20. The molecule has 0 saturated carbocycles. The van der Waals surface area contributed by atoms with Crippen LogP contribution in [-0.2, 0) is 11.4 Å². The van der Waals surface area contributed by atoms with E-state index in [0.29, 0.717) is 18.0 Å². The molecule has 4 atom stereocenters. The predicted molar refractivity (Wildman–Crippen MR) is 105 cm³/mol. The summed E-state index contributed by atoms with van der Waals surface area (Å²) >= 11 is 0. The van der Waals surface area contributed by atoms with E-state index in [4.69, 9.17) is 4.84 Å². The van der Waals surface area contributed by atoms with Gasteiger partial charge in [0, 0.05) is 31.7 Å². The molecule has 4 unspecified atom stereocenters. The van der Waals surface area contributed by atoms with Gasteiger partial charge in [-0.25, -0.2) is 4.39 Å². The van der Waals surface area contributed by atoms with Crippen molar-refractivity contribution in [2.45, 2.75) is 64.6 Å². The van der Waals surface area contributed by atoms with Gasteiger partial charge in [0.1, 0.15) is 18.2 Å². The zero-order valence-corrected chi connectivity index (χ0v) is 16.7. The Balaban J connectivity index is 1.69. The Morgan fingerprint density at radius 1 is 1.33 bits per heavy atom. The number of benzene rings is 1. The fourth-order valence-electron chi connectivity index (χ4n) is 4.20. The molecule has 0 amide bonds. The molecule has 152 valence electrons. The quantitative estimate of drug-likeness (QED) is 0.477. The molecule has 5 N–H and O–H groups in total. The van der Waals surface area contributed by atoms with Crippen LogP contribution in [0.15, 0.2) is 18.2 Å². The van der Waals surface area contributed by atoms with Crippen LogP contribution in [0.5, 0.6) is 0 Å². The summed E-state index contributed by atoms with van der Waals surface area (Å²) in [4.78, 5) is 5.28. The second kappa shape index (κ2) is 9.41. The van der Waals surface area contributed by atoms with Gasteiger partial charge in [-0.3, -0.25) is 20.8 Å². The monoisotopic (exact) mass is 379 g/mol. The van der Waals surface area contributed by atoms with Crippen molar-refractivity contribution in [3.63, 3.8) is 0 Å². The van der Waals surface area contributed by atoms with Crippen molar-refractivity contribution in [3.05, 3.63) is 35.1 Å². The molecule has 0 bridgehead atoms. The molecule has 0 radical (unpaired) electrons. The van der Waals surface area contributed by atoms with Gasteiger partial charge in [0.2, 0.25) is 0 Å². The van der Waals surface area contributed by atoms with E-state index in [1.807, 2.05) is 19.1 Å². The van der Waals surface area contributed by atoms with Crippen molar-refractivity contribution in [2.75, 3.05) is 19.6 Å². The molecule has 2 aliphatic heterocycles. The molecular weight excluding hydrogens is 345 g/mol. The van der Waals surface area contributed by atoms with E-state index in [1.54, 1.807) is 6.07 Å². The molecule has 2 aliphatic rings. The van der Waals surface area contributed by atoms with E-state index < -0.39 is 0 Å². The minimum Gasteiger partial charge on any atom is -0.312 e. The van der Waals surface area contributed by atoms with Crippen LogP contribution in [0.3, 0.4) is 0 Å². The third-order valence-corrected chi connectivity index (χ3v) is 5.74. The van der Waals surface area contributed by atoms with Crippen molar-refractivity contribution in [3.8, 4) is 0 Å². The van der Waals surface area contributed by atoms with Crippen molar-refractivity contribution in [2.24, 2.45) is 5.92 Å². The van der Waals surface area contributed by atoms with Gasteiger partial charge in [0.05, 0.1) is 5.66 Å². The topological polar surface area (TPSA) is 69.4 Å². The number of piperazine rings is 1. The molecular formula is C20H34FN5O. The number of rotatable bonds is 8. The summed E-state index contributed by atoms with van der Waals surface area (Å²) in [6.07, 6.45) is 3.12. The summed E-state index contributed by atoms with van der Waals surface area (Å²) in [6.45, 7) is 9.62. The van der Waals surface area contributed by atoms with Crippen LogP contribution in [0.1, 0.15) is 57.3 Å². The number of halogens is 1. The Bertz CT molecular complexity index is 608. The summed E-state index contributed by atoms with van der Waals surface area (Å²) in [5.41, 5.74) is 4.22. The second-order valence-electron chi connectivity index (χ2n) is 7.65. The fraction of sp³-hybridized carbons (Fsp3) is 0.700. The number of hydrogen-bond donors (Lipinski definition) is 5. The van der Waals surface area contributed by atoms with Crippen LogP contribution >= 0.6 is 0 Å². The van der Waals surface area contributed by atoms with E-state index in [-0.39, 0.29) is 23.9 Å². The molecule has 0 aromatic heterocycles. The van der Waals surface area contributed by atoms with Gasteiger partial charge >= 0.3 is 0 Å². The molecule has 2 heterocycles. The molecule has 0 spiro atoms. The Hall–Kier alpha value is -1.09. The van der Waals surface area contributed by atoms with Gasteiger partial charge in [0.25, 0.3) is 0 Å². The first-order chi connectivity index (χ1) is 13.1. The Morgan fingerprint density at radius 3 is 2.78 bits per heavy atom. The molecule has 1 aromatic rings. The van der Waals surface area contributed by atoms with Gasteiger partial charge in [-0.05, 0) is 30.9 Å². The van der Waals surface area contributed by atoms with Crippen molar-refractivity contribution in [1.29, 1.82) is 0 Å². The lowest BCUT2D eigenvalue weighted by Gasteiger charge is -2.45. The molecule has 7 heteroatoms. The van der Waals surface area contributed by atoms with Crippen molar-refractivity contribution in [1.82, 2.24) is 26.7 Å². The first kappa shape index (κ1) is 20.6. The van der Waals surface area contributed by atoms with Gasteiger partial charge in [-0.15, -0.1) is 0 Å². The SMILES string of the molecule is CCCC(CC)C1(NCc2ccc(C3NOC(C)N3)cc2F)CNCCN1. The molecule has 27 heavy (non-hydrogen) atoms. The maximum atomic E-state index is 14.7. The molecule has 6 nitrogen and oxygen atoms in total. The van der Waals surface area contributed by atoms with Crippen LogP contribution < -0.4 is 26.7 Å². The van der Waals surface area contributed by atoms with E-state index in [1.165, 1.54) is 0 Å². The zero-order valence-electron chi connectivity index (χ0n) is 16.7. The van der Waals surface area contributed by atoms with E-state index in [9.17, 15) is 4.39 Å². The highest BCUT2D eigenvalue weighted by Crippen LogP contribution is 2.26. The van der Waals surface area contributed by atoms with Crippen LogP contribution in [0.4, 0.5) is 4.39 Å². The number of hydroxylamine groups is 1. The zero-order chi connectivity index (χ0) is 19.3. The van der Waals surface area contributed by atoms with Crippen LogP contribution in [-0.4, -0.2) is 31.5 Å². The third-order valence-electron chi connectivity index (χ3n) is 5.74. The van der Waals surface area contributed by atoms with Crippen LogP contribution in [0, 0.1) is 11.7 Å². The van der Waals surface area contributed by atoms with Crippen molar-refractivity contribution < 1.29 is 9.23 Å². The molecule has 2 saturated heterocycles. The van der Waals surface area contributed by atoms with Crippen molar-refractivity contribution >= 4 is 0 Å². The van der Waals surface area contributed by atoms with E-state index in [0.717, 1.165) is 44.5 Å². The normalized spacial score (nSPS) is 29.8. The standard InChI is InChI=1S/C20H34FN5O/c1-4-6-17(5-2)20(13-22-9-10-23-20)24-12-16-8-7-15(11-18(16)21)19-25-14(3)27-26-19/h7-8,11,14,17,19,22-26H,4-6,9-10,12-13H2,1-3H3. The van der Waals surface area contributed by atoms with Crippen LogP contribution in [0.2, 0.25) is 0 Å². The predicted octanol–water partition coefficient (Wildman–Crippen LogP) is 2.10. The minimum absolute atomic E-state index is 0.0892. The largest absolute Gasteiger partial charge is 0.312 e. The van der Waals surface area contributed by atoms with Gasteiger partial charge in [-0.1, -0.05) is 38.8 Å². The lowest BCUT2D eigenvalue weighted by molar-refractivity contribution is 0.0329. The minimum atomic E-state index is -0.189. The summed E-state index contributed by atoms with van der Waals surface area (Å²) in [7, 11) is 0. The highest BCUT2D eigenvalue weighted by atomic mass is 19.1. The average molecular weight is 380 g/mol. The van der Waals surface area contributed by atoms with Crippen LogP contribution in [0.25, 0.3) is 0 Å². The summed E-state index contributed by atoms with van der Waals surface area (Å²) in [5.74, 6) is 0.314. The van der Waals surface area contributed by atoms with E-state index >= 15 is 0 Å². The Kier molecular flexibility index (Phi) is 7.19. The second-order valence-corrected chi connectivity index (χ2v) is 7.65. The smallest absolute Gasteiger partial charge is 0.128 e. The highest BCUT2D eigenvalue weighted by Gasteiger charge is 2.38. The Labute approximate surface area is 162 Å². The summed E-state index contributed by atoms with van der Waals surface area (Å²) in [6, 6.07) is 5.41. The lowest BCUT2D eigenvalue weighted by Crippen LogP contribution is -2.70. The van der Waals surface area contributed by atoms with Gasteiger partial charge in [0.15, 0.2) is 0 Å². The average Bonchev–Trinajstić information content (AvgIpc) is 3.12. The first-order valence-corrected chi connectivity index (χ1v) is 10.2. The number of nitrogens with one attached hydrogen (secondary N) is 5. The summed E-state index contributed by atoms with van der Waals surface area (Å²) < 4.78 is 14.7. The molecule has 1 aromatic carbocycles. The maximum absolute atomic E-state index is 14.7. The number of hydrogen-bond acceptors (Lipinski definition) is 6. The lowest BCUT2D eigenvalue weighted by atomic mass is 9.84. The van der Waals surface area contributed by atoms with Gasteiger partial charge in [-0.2, -0.15) is 5.48 Å². The Morgan fingerprint density at radius 2 is 2.19 bits per heavy atom. The molecule has 0 aliphatic carbocycles. The third kappa shape index (κ3) is 4.85. The summed E-state index contributed by atoms with van der Waals surface area (Å²) in [5, 5.41) is 14.1. The van der Waals surface area contributed by atoms with Gasteiger partial charge < -0.3 is 5.32 Å². The first-order valence-electron chi connectivity index (χ1n) is 10.2. The van der Waals surface area contributed by atoms with E-state index in [2.05, 4.69) is 40.6 Å². The molecule has 2 fully saturated rings. The highest BCUT2D eigenvalue weighted by molar-refractivity contribution is 5.27. The molecule has 3 rings (SSSR count).